The molecule has 11 heavy (non-hydrogen) atoms. The lowest BCUT2D eigenvalue weighted by molar-refractivity contribution is 0.232. The Morgan fingerprint density at radius 1 is 1.91 bits per heavy atom. The number of hydrogen-bond donors (Lipinski definition) is 3. The van der Waals surface area contributed by atoms with E-state index in [1.54, 1.807) is 5.48 Å². The van der Waals surface area contributed by atoms with Crippen molar-refractivity contribution in [2.24, 2.45) is 10.7 Å². The van der Waals surface area contributed by atoms with Gasteiger partial charge >= 0.3 is 0 Å². The van der Waals surface area contributed by atoms with Gasteiger partial charge in [0.2, 0.25) is 5.96 Å². The third-order valence-electron chi connectivity index (χ3n) is 1.01. The summed E-state index contributed by atoms with van der Waals surface area (Å²) in [6.07, 6.45) is 2.75. The Morgan fingerprint density at radius 2 is 2.73 bits per heavy atom. The summed E-state index contributed by atoms with van der Waals surface area (Å²) in [6.45, 7) is 0.288. The van der Waals surface area contributed by atoms with Gasteiger partial charge in [-0.25, -0.2) is 15.5 Å². The van der Waals surface area contributed by atoms with Crippen molar-refractivity contribution >= 4 is 5.96 Å². The topological polar surface area (TPSA) is 96.7 Å². The Kier molecular flexibility index (Phi) is 2.45. The average Bonchev–Trinajstić information content (AvgIpc) is 2.52. The lowest BCUT2D eigenvalue weighted by Crippen LogP contribution is -2.28. The number of hydroxylamine groups is 1. The first-order chi connectivity index (χ1) is 5.33. The van der Waals surface area contributed by atoms with Gasteiger partial charge in [-0.15, -0.1) is 0 Å². The van der Waals surface area contributed by atoms with Gasteiger partial charge in [0.25, 0.3) is 0 Å². The molecule has 0 aromatic carbocycles. The van der Waals surface area contributed by atoms with E-state index in [2.05, 4.69) is 14.4 Å². The van der Waals surface area contributed by atoms with E-state index < -0.39 is 0 Å². The van der Waals surface area contributed by atoms with Gasteiger partial charge in [0.15, 0.2) is 6.39 Å². The van der Waals surface area contributed by atoms with E-state index >= 15 is 0 Å². The number of nitrogens with zero attached hydrogens (tertiary/aromatic N) is 2. The molecule has 0 atom stereocenters. The van der Waals surface area contributed by atoms with Crippen molar-refractivity contribution in [2.45, 2.75) is 6.54 Å². The first-order valence-corrected chi connectivity index (χ1v) is 2.90. The lowest BCUT2D eigenvalue weighted by atomic mass is 10.5. The second-order valence-electron chi connectivity index (χ2n) is 1.79. The molecule has 0 aliphatic rings. The van der Waals surface area contributed by atoms with Crippen LogP contribution in [0.5, 0.6) is 0 Å². The first-order valence-electron chi connectivity index (χ1n) is 2.90. The first kappa shape index (κ1) is 7.55. The molecule has 0 saturated carbocycles. The molecule has 6 heteroatoms. The molecule has 1 rings (SSSR count). The molecule has 4 N–H and O–H groups in total. The predicted molar refractivity (Wildman–Crippen MR) is 36.8 cm³/mol. The van der Waals surface area contributed by atoms with Gasteiger partial charge in [0, 0.05) is 0 Å². The van der Waals surface area contributed by atoms with Crippen LogP contribution in [0.3, 0.4) is 0 Å². The zero-order chi connectivity index (χ0) is 8.10. The second kappa shape index (κ2) is 3.57. The molecule has 1 aromatic heterocycles. The van der Waals surface area contributed by atoms with Crippen LogP contribution in [-0.4, -0.2) is 16.2 Å². The summed E-state index contributed by atoms with van der Waals surface area (Å²) in [5, 5.41) is 8.21. The number of aliphatic imine (C=N–C) groups is 1. The molecular formula is C5H8N4O2. The molecule has 0 unspecified atom stereocenters. The molecule has 0 aliphatic heterocycles. The van der Waals surface area contributed by atoms with Crippen molar-refractivity contribution in [1.82, 2.24) is 10.5 Å². The fraction of sp³-hybridized carbons (Fsp3) is 0.200. The third-order valence-corrected chi connectivity index (χ3v) is 1.01. The van der Waals surface area contributed by atoms with Gasteiger partial charge in [-0.3, -0.25) is 5.21 Å². The van der Waals surface area contributed by atoms with Crippen LogP contribution in [-0.2, 0) is 6.54 Å². The molecule has 0 spiro atoms. The Hall–Kier alpha value is -1.56. The van der Waals surface area contributed by atoms with Crippen LogP contribution in [0.4, 0.5) is 0 Å². The molecule has 1 aromatic rings. The van der Waals surface area contributed by atoms with Crippen molar-refractivity contribution in [3.05, 3.63) is 18.4 Å². The Balaban J connectivity index is 2.45. The minimum atomic E-state index is -0.0481. The quantitative estimate of drug-likeness (QED) is 0.304. The maximum absolute atomic E-state index is 8.21. The van der Waals surface area contributed by atoms with Crippen LogP contribution >= 0.6 is 0 Å². The summed E-state index contributed by atoms with van der Waals surface area (Å²) in [4.78, 5) is 7.48. The standard InChI is InChI=1S/C5H8N4O2/c6-5(9-10)7-1-4-2-11-3-8-4/h2-3,10H,1H2,(H3,6,7,9). The average molecular weight is 156 g/mol. The summed E-state index contributed by atoms with van der Waals surface area (Å²) >= 11 is 0. The van der Waals surface area contributed by atoms with Crippen molar-refractivity contribution in [1.29, 1.82) is 0 Å². The lowest BCUT2D eigenvalue weighted by Gasteiger charge is -1.93. The third kappa shape index (κ3) is 2.26. The largest absolute Gasteiger partial charge is 0.451 e. The van der Waals surface area contributed by atoms with E-state index in [0.717, 1.165) is 0 Å². The van der Waals surface area contributed by atoms with Crippen LogP contribution in [0, 0.1) is 0 Å². The molecule has 0 aliphatic carbocycles. The van der Waals surface area contributed by atoms with Gasteiger partial charge in [0.05, 0.1) is 6.54 Å². The molecule has 0 amide bonds. The molecule has 0 bridgehead atoms. The zero-order valence-electron chi connectivity index (χ0n) is 5.69. The highest BCUT2D eigenvalue weighted by Gasteiger charge is 1.93. The van der Waals surface area contributed by atoms with E-state index in [1.165, 1.54) is 12.7 Å². The summed E-state index contributed by atoms with van der Waals surface area (Å²) in [5.41, 5.74) is 7.47. The zero-order valence-corrected chi connectivity index (χ0v) is 5.69. The number of nitrogens with two attached hydrogens (primary N) is 1. The van der Waals surface area contributed by atoms with Crippen LogP contribution in [0.1, 0.15) is 5.69 Å². The molecule has 60 valence electrons. The highest BCUT2D eigenvalue weighted by atomic mass is 16.5. The van der Waals surface area contributed by atoms with E-state index in [9.17, 15) is 0 Å². The normalized spacial score (nSPS) is 11.5. The highest BCUT2D eigenvalue weighted by Crippen LogP contribution is 1.95. The molecule has 1 heterocycles. The molecule has 0 fully saturated rings. The van der Waals surface area contributed by atoms with Gasteiger partial charge in [0.1, 0.15) is 12.0 Å². The van der Waals surface area contributed by atoms with Gasteiger partial charge < -0.3 is 10.2 Å². The number of oxazole rings is 1. The summed E-state index contributed by atoms with van der Waals surface area (Å²) in [7, 11) is 0. The molecule has 0 saturated heterocycles. The van der Waals surface area contributed by atoms with Crippen LogP contribution < -0.4 is 11.2 Å². The van der Waals surface area contributed by atoms with Crippen LogP contribution in [0.15, 0.2) is 22.1 Å². The maximum atomic E-state index is 8.21. The monoisotopic (exact) mass is 156 g/mol. The van der Waals surface area contributed by atoms with Gasteiger partial charge in [-0.2, -0.15) is 0 Å². The van der Waals surface area contributed by atoms with E-state index in [4.69, 9.17) is 10.9 Å². The number of rotatable bonds is 2. The van der Waals surface area contributed by atoms with Crippen molar-refractivity contribution in [2.75, 3.05) is 0 Å². The number of guanidine groups is 1. The van der Waals surface area contributed by atoms with E-state index in [-0.39, 0.29) is 12.5 Å². The van der Waals surface area contributed by atoms with Crippen LogP contribution in [0.25, 0.3) is 0 Å². The number of nitrogens with one attached hydrogen (secondary N) is 1. The molecule has 6 nitrogen and oxygen atoms in total. The van der Waals surface area contributed by atoms with E-state index in [1.807, 2.05) is 0 Å². The summed E-state index contributed by atoms with van der Waals surface area (Å²) in [6, 6.07) is 0. The fourth-order valence-corrected chi connectivity index (χ4v) is 0.517. The minimum absolute atomic E-state index is 0.0481. The Morgan fingerprint density at radius 3 is 3.27 bits per heavy atom. The van der Waals surface area contributed by atoms with Crippen molar-refractivity contribution in [3.8, 4) is 0 Å². The van der Waals surface area contributed by atoms with Gasteiger partial charge in [-0.1, -0.05) is 0 Å². The Labute approximate surface area is 62.7 Å². The second-order valence-corrected chi connectivity index (χ2v) is 1.79. The van der Waals surface area contributed by atoms with Crippen LogP contribution in [0.2, 0.25) is 0 Å². The minimum Gasteiger partial charge on any atom is -0.451 e. The summed E-state index contributed by atoms with van der Waals surface area (Å²) in [5.74, 6) is -0.0481. The number of aromatic nitrogens is 1. The molecular weight excluding hydrogens is 148 g/mol. The summed E-state index contributed by atoms with van der Waals surface area (Å²) < 4.78 is 4.68. The van der Waals surface area contributed by atoms with Gasteiger partial charge in [-0.05, 0) is 0 Å². The number of hydrogen-bond acceptors (Lipinski definition) is 4. The SMILES string of the molecule is NC(=NCc1cocn1)NO. The maximum Gasteiger partial charge on any atom is 0.213 e. The van der Waals surface area contributed by atoms with Crippen molar-refractivity contribution in [3.63, 3.8) is 0 Å². The Bertz CT molecular complexity index is 231. The van der Waals surface area contributed by atoms with Crippen molar-refractivity contribution < 1.29 is 9.62 Å². The fourth-order valence-electron chi connectivity index (χ4n) is 0.517. The highest BCUT2D eigenvalue weighted by molar-refractivity contribution is 5.76. The van der Waals surface area contributed by atoms with E-state index in [0.29, 0.717) is 5.69 Å². The smallest absolute Gasteiger partial charge is 0.213 e. The molecule has 0 radical (unpaired) electrons. The predicted octanol–water partition coefficient (Wildman–Crippen LogP) is -0.532.